The van der Waals surface area contributed by atoms with Crippen LogP contribution >= 0.6 is 0 Å². The number of ether oxygens (including phenoxy) is 1. The van der Waals surface area contributed by atoms with Crippen LogP contribution in [0.25, 0.3) is 11.5 Å². The van der Waals surface area contributed by atoms with E-state index in [1.807, 2.05) is 24.3 Å². The molecule has 0 unspecified atom stereocenters. The van der Waals surface area contributed by atoms with Gasteiger partial charge in [-0.3, -0.25) is 4.79 Å². The van der Waals surface area contributed by atoms with Gasteiger partial charge < -0.3 is 14.5 Å². The first-order valence-corrected chi connectivity index (χ1v) is 8.88. The number of amides is 1. The standard InChI is InChI=1S/C19H25N3O3/c1-12-7-6-8-15(11-12)24-13(2)18(23)20-17-10-5-4-9-16(17)19-22-21-14(3)25-19/h4-5,9-10,12-13,15H,6-8,11H2,1-3H3,(H,20,23)/t12-,13-,15-/m0/s1. The van der Waals surface area contributed by atoms with Gasteiger partial charge in [0.1, 0.15) is 6.10 Å². The molecule has 0 bridgehead atoms. The number of carbonyl (C=O) groups excluding carboxylic acids is 1. The highest BCUT2D eigenvalue weighted by Gasteiger charge is 2.24. The molecule has 1 fully saturated rings. The van der Waals surface area contributed by atoms with Gasteiger partial charge in [-0.15, -0.1) is 10.2 Å². The van der Waals surface area contributed by atoms with Crippen LogP contribution in [-0.2, 0) is 9.53 Å². The number of aromatic nitrogens is 2. The van der Waals surface area contributed by atoms with Crippen molar-refractivity contribution < 1.29 is 13.9 Å². The van der Waals surface area contributed by atoms with Crippen LogP contribution in [0.3, 0.4) is 0 Å². The zero-order valence-corrected chi connectivity index (χ0v) is 15.0. The van der Waals surface area contributed by atoms with Crippen molar-refractivity contribution in [2.75, 3.05) is 5.32 Å². The summed E-state index contributed by atoms with van der Waals surface area (Å²) < 4.78 is 11.5. The Morgan fingerprint density at radius 2 is 2.12 bits per heavy atom. The van der Waals surface area contributed by atoms with E-state index in [2.05, 4.69) is 22.4 Å². The van der Waals surface area contributed by atoms with E-state index in [0.29, 0.717) is 29.0 Å². The van der Waals surface area contributed by atoms with Gasteiger partial charge in [-0.05, 0) is 37.8 Å². The summed E-state index contributed by atoms with van der Waals surface area (Å²) in [5, 5.41) is 10.8. The summed E-state index contributed by atoms with van der Waals surface area (Å²) in [5.41, 5.74) is 1.35. The summed E-state index contributed by atoms with van der Waals surface area (Å²) in [6.07, 6.45) is 4.12. The first kappa shape index (κ1) is 17.6. The topological polar surface area (TPSA) is 77.2 Å². The van der Waals surface area contributed by atoms with Crippen LogP contribution in [0.1, 0.15) is 45.4 Å². The van der Waals surface area contributed by atoms with Gasteiger partial charge in [0.05, 0.1) is 17.4 Å². The lowest BCUT2D eigenvalue weighted by Crippen LogP contribution is -2.33. The number of benzene rings is 1. The zero-order chi connectivity index (χ0) is 17.8. The molecule has 1 aromatic carbocycles. The van der Waals surface area contributed by atoms with E-state index in [1.54, 1.807) is 13.8 Å². The van der Waals surface area contributed by atoms with Crippen LogP contribution in [0.2, 0.25) is 0 Å². The molecule has 1 aliphatic rings. The summed E-state index contributed by atoms with van der Waals surface area (Å²) in [6.45, 7) is 5.77. The Morgan fingerprint density at radius 1 is 1.32 bits per heavy atom. The molecule has 134 valence electrons. The molecule has 0 radical (unpaired) electrons. The Morgan fingerprint density at radius 3 is 2.84 bits per heavy atom. The quantitative estimate of drug-likeness (QED) is 0.889. The second-order valence-electron chi connectivity index (χ2n) is 6.83. The smallest absolute Gasteiger partial charge is 0.253 e. The molecular formula is C19H25N3O3. The summed E-state index contributed by atoms with van der Waals surface area (Å²) in [7, 11) is 0. The van der Waals surface area contributed by atoms with E-state index in [-0.39, 0.29) is 12.0 Å². The number of para-hydroxylation sites is 1. The lowest BCUT2D eigenvalue weighted by Gasteiger charge is -2.29. The van der Waals surface area contributed by atoms with Gasteiger partial charge in [0.2, 0.25) is 11.8 Å². The molecule has 1 heterocycles. The molecule has 3 rings (SSSR count). The number of nitrogens with zero attached hydrogens (tertiary/aromatic N) is 2. The van der Waals surface area contributed by atoms with Gasteiger partial charge in [-0.2, -0.15) is 0 Å². The predicted octanol–water partition coefficient (Wildman–Crippen LogP) is 3.97. The number of aryl methyl sites for hydroxylation is 1. The molecule has 1 saturated carbocycles. The number of carbonyl (C=O) groups is 1. The molecule has 1 amide bonds. The second-order valence-corrected chi connectivity index (χ2v) is 6.83. The molecule has 0 spiro atoms. The first-order valence-electron chi connectivity index (χ1n) is 8.88. The van der Waals surface area contributed by atoms with Crippen molar-refractivity contribution in [1.82, 2.24) is 10.2 Å². The zero-order valence-electron chi connectivity index (χ0n) is 15.0. The molecular weight excluding hydrogens is 318 g/mol. The molecule has 6 heteroatoms. The largest absolute Gasteiger partial charge is 0.421 e. The van der Waals surface area contributed by atoms with E-state index in [1.165, 1.54) is 12.8 Å². The van der Waals surface area contributed by atoms with Gasteiger partial charge in [0.25, 0.3) is 5.91 Å². The molecule has 1 aromatic heterocycles. The van der Waals surface area contributed by atoms with E-state index in [4.69, 9.17) is 9.15 Å². The fourth-order valence-corrected chi connectivity index (χ4v) is 3.27. The molecule has 1 aliphatic carbocycles. The number of anilines is 1. The highest BCUT2D eigenvalue weighted by Crippen LogP contribution is 2.28. The number of hydrogen-bond donors (Lipinski definition) is 1. The maximum absolute atomic E-state index is 12.6. The number of hydrogen-bond acceptors (Lipinski definition) is 5. The first-order chi connectivity index (χ1) is 12.0. The average Bonchev–Trinajstić information content (AvgIpc) is 3.01. The van der Waals surface area contributed by atoms with E-state index in [9.17, 15) is 4.79 Å². The Hall–Kier alpha value is -2.21. The van der Waals surface area contributed by atoms with Crippen molar-refractivity contribution in [3.05, 3.63) is 30.2 Å². The Bertz CT molecular complexity index is 728. The third-order valence-corrected chi connectivity index (χ3v) is 4.60. The van der Waals surface area contributed by atoms with Crippen LogP contribution in [0, 0.1) is 12.8 Å². The maximum Gasteiger partial charge on any atom is 0.253 e. The third kappa shape index (κ3) is 4.45. The van der Waals surface area contributed by atoms with Crippen molar-refractivity contribution in [1.29, 1.82) is 0 Å². The average molecular weight is 343 g/mol. The molecule has 0 saturated heterocycles. The van der Waals surface area contributed by atoms with E-state index in [0.717, 1.165) is 12.8 Å². The van der Waals surface area contributed by atoms with Gasteiger partial charge in [0, 0.05) is 6.92 Å². The lowest BCUT2D eigenvalue weighted by atomic mass is 9.88. The molecule has 25 heavy (non-hydrogen) atoms. The van der Waals surface area contributed by atoms with E-state index >= 15 is 0 Å². The minimum Gasteiger partial charge on any atom is -0.421 e. The fraction of sp³-hybridized carbons (Fsp3) is 0.526. The summed E-state index contributed by atoms with van der Waals surface area (Å²) >= 11 is 0. The van der Waals surface area contributed by atoms with Crippen molar-refractivity contribution in [3.63, 3.8) is 0 Å². The molecule has 6 nitrogen and oxygen atoms in total. The highest BCUT2D eigenvalue weighted by atomic mass is 16.5. The number of rotatable bonds is 5. The van der Waals surface area contributed by atoms with Crippen LogP contribution in [-0.4, -0.2) is 28.3 Å². The van der Waals surface area contributed by atoms with Crippen LogP contribution in [0.5, 0.6) is 0 Å². The van der Waals surface area contributed by atoms with Crippen molar-refractivity contribution in [2.24, 2.45) is 5.92 Å². The SMILES string of the molecule is Cc1nnc(-c2ccccc2NC(=O)[C@H](C)O[C@H]2CCC[C@H](C)C2)o1. The van der Waals surface area contributed by atoms with Crippen molar-refractivity contribution >= 4 is 11.6 Å². The van der Waals surface area contributed by atoms with Crippen molar-refractivity contribution in [3.8, 4) is 11.5 Å². The monoisotopic (exact) mass is 343 g/mol. The van der Waals surface area contributed by atoms with Crippen LogP contribution in [0.15, 0.2) is 28.7 Å². The summed E-state index contributed by atoms with van der Waals surface area (Å²) in [6, 6.07) is 7.39. The van der Waals surface area contributed by atoms with Gasteiger partial charge >= 0.3 is 0 Å². The Labute approximate surface area is 148 Å². The molecule has 2 aromatic rings. The summed E-state index contributed by atoms with van der Waals surface area (Å²) in [4.78, 5) is 12.6. The molecule has 0 aliphatic heterocycles. The van der Waals surface area contributed by atoms with Gasteiger partial charge in [0.15, 0.2) is 0 Å². The van der Waals surface area contributed by atoms with Gasteiger partial charge in [-0.25, -0.2) is 0 Å². The maximum atomic E-state index is 12.6. The Kier molecular flexibility index (Phi) is 5.48. The van der Waals surface area contributed by atoms with E-state index < -0.39 is 6.10 Å². The normalized spacial score (nSPS) is 21.7. The van der Waals surface area contributed by atoms with Gasteiger partial charge in [-0.1, -0.05) is 31.9 Å². The molecule has 3 atom stereocenters. The summed E-state index contributed by atoms with van der Waals surface area (Å²) in [5.74, 6) is 1.37. The molecule has 1 N–H and O–H groups in total. The Balaban J connectivity index is 1.66. The second kappa shape index (κ2) is 7.78. The van der Waals surface area contributed by atoms with Crippen LogP contribution < -0.4 is 5.32 Å². The third-order valence-electron chi connectivity index (χ3n) is 4.60. The van der Waals surface area contributed by atoms with Crippen LogP contribution in [0.4, 0.5) is 5.69 Å². The lowest BCUT2D eigenvalue weighted by molar-refractivity contribution is -0.131. The van der Waals surface area contributed by atoms with Crippen molar-refractivity contribution in [2.45, 2.75) is 58.7 Å². The minimum absolute atomic E-state index is 0.165. The number of nitrogens with one attached hydrogen (secondary N) is 1. The highest BCUT2D eigenvalue weighted by molar-refractivity contribution is 5.97. The minimum atomic E-state index is -0.507. The predicted molar refractivity (Wildman–Crippen MR) is 95.1 cm³/mol. The fourth-order valence-electron chi connectivity index (χ4n) is 3.27.